The van der Waals surface area contributed by atoms with Crippen LogP contribution in [0.1, 0.15) is 31.7 Å². The third-order valence-electron chi connectivity index (χ3n) is 3.74. The number of rotatable bonds is 3. The SMILES string of the molecule is Cc1cc(NCC2CCC(C)C2)c(Br)cc1N. The Bertz CT molecular complexity index is 403. The van der Waals surface area contributed by atoms with E-state index in [1.807, 2.05) is 13.0 Å². The number of hydrogen-bond acceptors (Lipinski definition) is 2. The van der Waals surface area contributed by atoms with E-state index < -0.39 is 0 Å². The molecule has 0 saturated heterocycles. The van der Waals surface area contributed by atoms with Crippen molar-refractivity contribution in [2.24, 2.45) is 11.8 Å². The highest BCUT2D eigenvalue weighted by Crippen LogP contribution is 2.32. The quantitative estimate of drug-likeness (QED) is 0.821. The van der Waals surface area contributed by atoms with Gasteiger partial charge >= 0.3 is 0 Å². The summed E-state index contributed by atoms with van der Waals surface area (Å²) in [6.45, 7) is 5.47. The van der Waals surface area contributed by atoms with Crippen LogP contribution in [-0.2, 0) is 0 Å². The highest BCUT2D eigenvalue weighted by molar-refractivity contribution is 9.10. The normalized spacial score (nSPS) is 23.9. The minimum Gasteiger partial charge on any atom is -0.398 e. The van der Waals surface area contributed by atoms with E-state index in [-0.39, 0.29) is 0 Å². The van der Waals surface area contributed by atoms with Gasteiger partial charge in [-0.25, -0.2) is 0 Å². The largest absolute Gasteiger partial charge is 0.398 e. The summed E-state index contributed by atoms with van der Waals surface area (Å²) in [5.74, 6) is 1.73. The maximum Gasteiger partial charge on any atom is 0.0488 e. The number of nitrogens with two attached hydrogens (primary N) is 1. The van der Waals surface area contributed by atoms with Gasteiger partial charge in [-0.15, -0.1) is 0 Å². The molecule has 2 unspecified atom stereocenters. The lowest BCUT2D eigenvalue weighted by Crippen LogP contribution is -2.12. The van der Waals surface area contributed by atoms with Gasteiger partial charge in [0.15, 0.2) is 0 Å². The van der Waals surface area contributed by atoms with E-state index in [2.05, 4.69) is 34.2 Å². The summed E-state index contributed by atoms with van der Waals surface area (Å²) >= 11 is 3.56. The molecule has 3 heteroatoms. The molecule has 1 saturated carbocycles. The summed E-state index contributed by atoms with van der Waals surface area (Å²) in [5.41, 5.74) is 9.01. The molecular formula is C14H21BrN2. The van der Waals surface area contributed by atoms with E-state index in [0.29, 0.717) is 0 Å². The maximum atomic E-state index is 5.87. The Labute approximate surface area is 112 Å². The molecule has 1 aliphatic carbocycles. The van der Waals surface area contributed by atoms with Gasteiger partial charge in [-0.05, 0) is 65.2 Å². The van der Waals surface area contributed by atoms with E-state index >= 15 is 0 Å². The first-order chi connectivity index (χ1) is 8.06. The van der Waals surface area contributed by atoms with Crippen LogP contribution in [0.2, 0.25) is 0 Å². The van der Waals surface area contributed by atoms with E-state index in [4.69, 9.17) is 5.73 Å². The van der Waals surface area contributed by atoms with Gasteiger partial charge in [0.05, 0.1) is 0 Å². The van der Waals surface area contributed by atoms with Crippen LogP contribution in [0.4, 0.5) is 11.4 Å². The van der Waals surface area contributed by atoms with Crippen molar-refractivity contribution in [1.29, 1.82) is 0 Å². The van der Waals surface area contributed by atoms with E-state index in [1.165, 1.54) is 19.3 Å². The maximum absolute atomic E-state index is 5.87. The van der Waals surface area contributed by atoms with E-state index in [9.17, 15) is 0 Å². The zero-order valence-corrected chi connectivity index (χ0v) is 12.2. The number of halogens is 1. The fourth-order valence-electron chi connectivity index (χ4n) is 2.60. The Morgan fingerprint density at radius 1 is 1.41 bits per heavy atom. The first-order valence-corrected chi connectivity index (χ1v) is 7.15. The second-order valence-electron chi connectivity index (χ2n) is 5.35. The van der Waals surface area contributed by atoms with E-state index in [1.54, 1.807) is 0 Å². The third kappa shape index (κ3) is 3.15. The molecule has 0 aliphatic heterocycles. The Morgan fingerprint density at radius 3 is 2.82 bits per heavy atom. The minimum atomic E-state index is 0.828. The lowest BCUT2D eigenvalue weighted by Gasteiger charge is -2.15. The second-order valence-corrected chi connectivity index (χ2v) is 6.21. The molecule has 2 nitrogen and oxygen atoms in total. The molecule has 1 aromatic carbocycles. The lowest BCUT2D eigenvalue weighted by molar-refractivity contribution is 0.537. The number of aryl methyl sites for hydroxylation is 1. The minimum absolute atomic E-state index is 0.828. The fourth-order valence-corrected chi connectivity index (χ4v) is 3.10. The summed E-state index contributed by atoms with van der Waals surface area (Å²) in [5, 5.41) is 3.54. The number of nitrogens with one attached hydrogen (secondary N) is 1. The van der Waals surface area contributed by atoms with Crippen LogP contribution in [0.3, 0.4) is 0 Å². The van der Waals surface area contributed by atoms with Crippen LogP contribution < -0.4 is 11.1 Å². The highest BCUT2D eigenvalue weighted by atomic mass is 79.9. The molecule has 2 rings (SSSR count). The zero-order chi connectivity index (χ0) is 12.4. The van der Waals surface area contributed by atoms with Gasteiger partial charge in [0.2, 0.25) is 0 Å². The number of anilines is 2. The first-order valence-electron chi connectivity index (χ1n) is 6.35. The van der Waals surface area contributed by atoms with Crippen LogP contribution in [0.25, 0.3) is 0 Å². The molecule has 1 fully saturated rings. The van der Waals surface area contributed by atoms with Crippen molar-refractivity contribution >= 4 is 27.3 Å². The standard InChI is InChI=1S/C14H21BrN2/c1-9-3-4-11(5-9)8-17-14-6-10(2)13(16)7-12(14)15/h6-7,9,11,17H,3-5,8,16H2,1-2H3. The molecule has 1 aliphatic rings. The molecule has 0 radical (unpaired) electrons. The molecular weight excluding hydrogens is 276 g/mol. The summed E-state index contributed by atoms with van der Waals surface area (Å²) < 4.78 is 1.06. The predicted octanol–water partition coefficient (Wildman–Crippen LogP) is 4.19. The summed E-state index contributed by atoms with van der Waals surface area (Å²) in [4.78, 5) is 0. The Kier molecular flexibility index (Phi) is 3.97. The lowest BCUT2D eigenvalue weighted by atomic mass is 10.1. The van der Waals surface area contributed by atoms with Crippen LogP contribution in [0.15, 0.2) is 16.6 Å². The Hall–Kier alpha value is -0.700. The first kappa shape index (κ1) is 12.7. The average Bonchev–Trinajstić information content (AvgIpc) is 2.68. The number of nitrogen functional groups attached to an aromatic ring is 1. The zero-order valence-electron chi connectivity index (χ0n) is 10.6. The summed E-state index contributed by atoms with van der Waals surface area (Å²) in [6.07, 6.45) is 4.10. The Balaban J connectivity index is 1.97. The molecule has 17 heavy (non-hydrogen) atoms. The van der Waals surface area contributed by atoms with Crippen molar-refractivity contribution in [2.45, 2.75) is 33.1 Å². The molecule has 0 spiro atoms. The van der Waals surface area contributed by atoms with Crippen molar-refractivity contribution in [2.75, 3.05) is 17.6 Å². The molecule has 0 aromatic heterocycles. The van der Waals surface area contributed by atoms with Crippen LogP contribution in [0, 0.1) is 18.8 Å². The van der Waals surface area contributed by atoms with Gasteiger partial charge in [-0.3, -0.25) is 0 Å². The molecule has 0 amide bonds. The van der Waals surface area contributed by atoms with Gasteiger partial charge in [-0.2, -0.15) is 0 Å². The van der Waals surface area contributed by atoms with Gasteiger partial charge in [0, 0.05) is 22.4 Å². The van der Waals surface area contributed by atoms with Crippen molar-refractivity contribution in [3.63, 3.8) is 0 Å². The van der Waals surface area contributed by atoms with Crippen LogP contribution in [0.5, 0.6) is 0 Å². The average molecular weight is 297 g/mol. The third-order valence-corrected chi connectivity index (χ3v) is 4.40. The van der Waals surface area contributed by atoms with Crippen molar-refractivity contribution in [3.8, 4) is 0 Å². The van der Waals surface area contributed by atoms with Crippen molar-refractivity contribution in [1.82, 2.24) is 0 Å². The smallest absolute Gasteiger partial charge is 0.0488 e. The van der Waals surface area contributed by atoms with Gasteiger partial charge in [0.25, 0.3) is 0 Å². The van der Waals surface area contributed by atoms with Gasteiger partial charge in [0.1, 0.15) is 0 Å². The highest BCUT2D eigenvalue weighted by Gasteiger charge is 2.21. The van der Waals surface area contributed by atoms with Crippen molar-refractivity contribution in [3.05, 3.63) is 22.2 Å². The molecule has 3 N–H and O–H groups in total. The topological polar surface area (TPSA) is 38.0 Å². The summed E-state index contributed by atoms with van der Waals surface area (Å²) in [6, 6.07) is 4.10. The molecule has 0 bridgehead atoms. The van der Waals surface area contributed by atoms with Gasteiger partial charge in [-0.1, -0.05) is 13.3 Å². The van der Waals surface area contributed by atoms with Crippen molar-refractivity contribution < 1.29 is 0 Å². The molecule has 2 atom stereocenters. The monoisotopic (exact) mass is 296 g/mol. The molecule has 1 aromatic rings. The second kappa shape index (κ2) is 5.30. The summed E-state index contributed by atoms with van der Waals surface area (Å²) in [7, 11) is 0. The molecule has 94 valence electrons. The van der Waals surface area contributed by atoms with Gasteiger partial charge < -0.3 is 11.1 Å². The Morgan fingerprint density at radius 2 is 2.18 bits per heavy atom. The number of benzene rings is 1. The predicted molar refractivity (Wildman–Crippen MR) is 78.3 cm³/mol. The van der Waals surface area contributed by atoms with E-state index in [0.717, 1.165) is 39.8 Å². The van der Waals surface area contributed by atoms with Crippen LogP contribution >= 0.6 is 15.9 Å². The fraction of sp³-hybridized carbons (Fsp3) is 0.571. The number of hydrogen-bond donors (Lipinski definition) is 2. The van der Waals surface area contributed by atoms with Crippen LogP contribution in [-0.4, -0.2) is 6.54 Å². The molecule has 0 heterocycles.